The molecule has 3 aromatic carbocycles. The minimum Gasteiger partial charge on any atom is -0.493 e. The van der Waals surface area contributed by atoms with Crippen molar-refractivity contribution in [2.45, 2.75) is 29.2 Å². The second kappa shape index (κ2) is 11.4. The van der Waals surface area contributed by atoms with Gasteiger partial charge in [-0.25, -0.2) is 0 Å². The molecule has 3 heterocycles. The first-order chi connectivity index (χ1) is 22.6. The summed E-state index contributed by atoms with van der Waals surface area (Å²) in [6.45, 7) is 0.203. The zero-order chi connectivity index (χ0) is 32.7. The molecule has 2 saturated carbocycles. The summed E-state index contributed by atoms with van der Waals surface area (Å²) in [4.78, 5) is 56.2. The maximum atomic E-state index is 14.0. The molecule has 0 radical (unpaired) electrons. The van der Waals surface area contributed by atoms with Crippen LogP contribution < -0.4 is 19.2 Å². The molecular weight excluding hydrogens is 685 g/mol. The van der Waals surface area contributed by atoms with Crippen LogP contribution in [0.5, 0.6) is 11.5 Å². The largest absolute Gasteiger partial charge is 0.493 e. The highest BCUT2D eigenvalue weighted by Crippen LogP contribution is 2.68. The van der Waals surface area contributed by atoms with Crippen LogP contribution in [-0.2, 0) is 16.2 Å². The van der Waals surface area contributed by atoms with Gasteiger partial charge < -0.3 is 14.5 Å². The van der Waals surface area contributed by atoms with Crippen LogP contribution in [0.1, 0.15) is 28.3 Å². The summed E-state index contributed by atoms with van der Waals surface area (Å²) in [6, 6.07) is 16.5. The number of methoxy groups -OCH3 is 1. The van der Waals surface area contributed by atoms with Crippen molar-refractivity contribution in [3.05, 3.63) is 106 Å². The van der Waals surface area contributed by atoms with Crippen molar-refractivity contribution >= 4 is 69.5 Å². The van der Waals surface area contributed by atoms with Crippen LogP contribution in [0.4, 0.5) is 11.4 Å². The minimum atomic E-state index is -0.514. The van der Waals surface area contributed by atoms with Crippen LogP contribution in [0.15, 0.2) is 70.5 Å². The number of fused-ring (bicyclic) bond motifs is 9. The van der Waals surface area contributed by atoms with Crippen molar-refractivity contribution in [3.8, 4) is 11.5 Å². The average molecular weight is 711 g/mol. The third-order valence-electron chi connectivity index (χ3n) is 9.99. The molecule has 4 aliphatic rings. The number of halogens is 2. The molecule has 1 aromatic heterocycles. The Morgan fingerprint density at radius 3 is 2.43 bits per heavy atom. The topological polar surface area (TPSA) is 132 Å². The minimum absolute atomic E-state index is 0.00605. The molecule has 2 bridgehead atoms. The van der Waals surface area contributed by atoms with Crippen molar-refractivity contribution in [1.82, 2.24) is 4.98 Å². The fourth-order valence-electron chi connectivity index (χ4n) is 8.16. The lowest BCUT2D eigenvalue weighted by Gasteiger charge is -2.43. The fraction of sp³-hybridized carbons (Fsp3) is 0.303. The first kappa shape index (κ1) is 30.5. The molecule has 1 saturated heterocycles. The second-order valence-corrected chi connectivity index (χ2v) is 15.2. The first-order valence-corrected chi connectivity index (χ1v) is 17.4. The number of nitro groups is 1. The number of benzene rings is 3. The normalized spacial score (nSPS) is 27.0. The van der Waals surface area contributed by atoms with Crippen LogP contribution in [0.3, 0.4) is 0 Å². The maximum absolute atomic E-state index is 14.0. The predicted molar refractivity (Wildman–Crippen MR) is 178 cm³/mol. The summed E-state index contributed by atoms with van der Waals surface area (Å²) in [7, 11) is 1.57. The molecule has 47 heavy (non-hydrogen) atoms. The molecule has 1 N–H and O–H groups in total. The van der Waals surface area contributed by atoms with E-state index in [2.05, 4.69) is 4.98 Å². The molecular formula is C33H25Cl2N3O7S2. The van der Waals surface area contributed by atoms with Gasteiger partial charge in [0, 0.05) is 43.8 Å². The third kappa shape index (κ3) is 4.79. The number of non-ortho nitro benzene ring substituents is 1. The van der Waals surface area contributed by atoms with E-state index in [1.165, 1.54) is 40.5 Å². The van der Waals surface area contributed by atoms with Crippen LogP contribution in [0, 0.1) is 39.7 Å². The number of thiazole rings is 1. The first-order valence-electron chi connectivity index (χ1n) is 14.9. The predicted octanol–water partition coefficient (Wildman–Crippen LogP) is 6.92. The van der Waals surface area contributed by atoms with Crippen molar-refractivity contribution in [2.75, 3.05) is 12.0 Å². The van der Waals surface area contributed by atoms with Crippen molar-refractivity contribution in [1.29, 1.82) is 0 Å². The van der Waals surface area contributed by atoms with Gasteiger partial charge in [-0.2, -0.15) is 0 Å². The zero-order valence-electron chi connectivity index (χ0n) is 24.6. The molecule has 0 unspecified atom stereocenters. The number of ether oxygens (including phenoxy) is 2. The van der Waals surface area contributed by atoms with E-state index in [9.17, 15) is 24.5 Å². The van der Waals surface area contributed by atoms with E-state index in [-0.39, 0.29) is 57.9 Å². The number of aromatic nitrogens is 1. The van der Waals surface area contributed by atoms with E-state index in [0.717, 1.165) is 27.5 Å². The molecule has 10 nitrogen and oxygen atoms in total. The van der Waals surface area contributed by atoms with Crippen molar-refractivity contribution in [3.63, 3.8) is 0 Å². The van der Waals surface area contributed by atoms with Gasteiger partial charge in [0.25, 0.3) is 5.69 Å². The maximum Gasteiger partial charge on any atom is 0.305 e. The summed E-state index contributed by atoms with van der Waals surface area (Å²) < 4.78 is 11.9. The number of carbonyl (C=O) groups excluding carboxylic acids is 2. The number of nitrogens with zero attached hydrogens (tertiary/aromatic N) is 2. The fourth-order valence-corrected chi connectivity index (χ4v) is 11.5. The number of anilines is 1. The Bertz CT molecular complexity index is 2030. The Balaban J connectivity index is 1.13. The van der Waals surface area contributed by atoms with Gasteiger partial charge in [-0.1, -0.05) is 46.7 Å². The Morgan fingerprint density at radius 1 is 0.979 bits per heavy atom. The number of imide groups is 1. The number of rotatable bonds is 7. The van der Waals surface area contributed by atoms with Crippen molar-refractivity contribution < 1.29 is 24.0 Å². The molecule has 2 aliphatic carbocycles. The summed E-state index contributed by atoms with van der Waals surface area (Å²) in [6.07, 6.45) is 0.735. The van der Waals surface area contributed by atoms with Gasteiger partial charge in [-0.3, -0.25) is 29.4 Å². The number of nitro benzene ring substituents is 1. The van der Waals surface area contributed by atoms with Gasteiger partial charge in [0.2, 0.25) is 11.8 Å². The molecule has 2 aliphatic heterocycles. The molecule has 7 atom stereocenters. The van der Waals surface area contributed by atoms with Gasteiger partial charge in [0.15, 0.2) is 11.5 Å². The monoisotopic (exact) mass is 709 g/mol. The lowest BCUT2D eigenvalue weighted by Crippen LogP contribution is -2.42. The quantitative estimate of drug-likeness (QED) is 0.124. The van der Waals surface area contributed by atoms with E-state index >= 15 is 0 Å². The Kier molecular flexibility index (Phi) is 7.39. The Morgan fingerprint density at radius 2 is 1.72 bits per heavy atom. The molecule has 4 aromatic rings. The second-order valence-electron chi connectivity index (χ2n) is 12.2. The summed E-state index contributed by atoms with van der Waals surface area (Å²) in [5, 5.41) is 13.0. The molecule has 3 fully saturated rings. The molecule has 8 rings (SSSR count). The Labute approximate surface area is 286 Å². The number of aromatic amines is 1. The third-order valence-corrected chi connectivity index (χ3v) is 13.2. The molecule has 0 spiro atoms. The number of amides is 2. The van der Waals surface area contributed by atoms with Gasteiger partial charge >= 0.3 is 4.87 Å². The SMILES string of the molecule is COc1cc([C@@H]2c3sc(=O)[nH]c3S[C@@H]3[C@@H]4C[C@@H]([C@@H]5C(=O)N(c6ccc([N+](=O)[O-])cc6)C(=O)[C@@H]45)[C@@H]23)ccc1OCc1ccc(Cl)cc1Cl. The molecule has 240 valence electrons. The summed E-state index contributed by atoms with van der Waals surface area (Å²) in [5.74, 6) is -0.835. The van der Waals surface area contributed by atoms with E-state index < -0.39 is 16.8 Å². The van der Waals surface area contributed by atoms with Gasteiger partial charge in [-0.05, 0) is 66.1 Å². The van der Waals surface area contributed by atoms with Gasteiger partial charge in [0.05, 0.1) is 34.6 Å². The number of carbonyl (C=O) groups is 2. The average Bonchev–Trinajstić information content (AvgIpc) is 3.79. The standard InChI is InChI=1S/C33H25Cl2N3O7S2/c1-44-23-10-14(3-9-22(23)45-13-15-2-4-16(34)11-21(15)35)24-25-19-12-20(28(25)46-30-29(24)47-33(41)36-30)27-26(19)31(39)37(32(27)40)17-5-7-18(8-6-17)38(42)43/h2-11,19-20,24-28H,12-13H2,1H3,(H,36,41)/t19-,20-,24+,25+,26+,27+,28-/m1/s1. The smallest absolute Gasteiger partial charge is 0.305 e. The van der Waals surface area contributed by atoms with E-state index in [4.69, 9.17) is 32.7 Å². The highest BCUT2D eigenvalue weighted by molar-refractivity contribution is 8.00. The highest BCUT2D eigenvalue weighted by Gasteiger charge is 2.69. The number of hydrogen-bond acceptors (Lipinski definition) is 9. The number of thioether (sulfide) groups is 1. The van der Waals surface area contributed by atoms with Crippen LogP contribution >= 0.6 is 46.3 Å². The van der Waals surface area contributed by atoms with Gasteiger partial charge in [-0.15, -0.1) is 11.8 Å². The highest BCUT2D eigenvalue weighted by atomic mass is 35.5. The lowest BCUT2D eigenvalue weighted by molar-refractivity contribution is -0.384. The van der Waals surface area contributed by atoms with E-state index in [0.29, 0.717) is 27.2 Å². The number of hydrogen-bond donors (Lipinski definition) is 1. The number of nitrogens with one attached hydrogen (secondary N) is 1. The van der Waals surface area contributed by atoms with Crippen LogP contribution in [0.25, 0.3) is 0 Å². The van der Waals surface area contributed by atoms with Crippen LogP contribution in [0.2, 0.25) is 10.0 Å². The Hall–Kier alpha value is -3.84. The van der Waals surface area contributed by atoms with E-state index in [1.807, 2.05) is 18.2 Å². The lowest BCUT2D eigenvalue weighted by atomic mass is 9.68. The number of H-pyrrole nitrogens is 1. The molecule has 2 amide bonds. The van der Waals surface area contributed by atoms with Gasteiger partial charge in [0.1, 0.15) is 6.61 Å². The van der Waals surface area contributed by atoms with Crippen LogP contribution in [-0.4, -0.2) is 34.1 Å². The van der Waals surface area contributed by atoms with Crippen molar-refractivity contribution in [2.24, 2.45) is 29.6 Å². The van der Waals surface area contributed by atoms with E-state index in [1.54, 1.807) is 37.1 Å². The summed E-state index contributed by atoms with van der Waals surface area (Å²) in [5.41, 5.74) is 1.93. The summed E-state index contributed by atoms with van der Waals surface area (Å²) >= 11 is 15.2. The molecule has 14 heteroatoms. The zero-order valence-corrected chi connectivity index (χ0v) is 27.7.